The Balaban J connectivity index is 2.04. The highest BCUT2D eigenvalue weighted by atomic mass is 16.6. The van der Waals surface area contributed by atoms with Gasteiger partial charge in [0.25, 0.3) is 0 Å². The first-order chi connectivity index (χ1) is 10.3. The van der Waals surface area contributed by atoms with Crippen LogP contribution in [0.4, 0.5) is 10.6 Å². The molecule has 1 aromatic rings. The third kappa shape index (κ3) is 3.88. The first-order valence-electron chi connectivity index (χ1n) is 7.33. The van der Waals surface area contributed by atoms with Gasteiger partial charge in [-0.15, -0.1) is 6.42 Å². The molecule has 2 rings (SSSR count). The van der Waals surface area contributed by atoms with Crippen LogP contribution in [0, 0.1) is 12.3 Å². The summed E-state index contributed by atoms with van der Waals surface area (Å²) in [5.74, 6) is 3.30. The van der Waals surface area contributed by atoms with Crippen LogP contribution in [0.15, 0.2) is 12.4 Å². The summed E-state index contributed by atoms with van der Waals surface area (Å²) in [7, 11) is 0. The predicted molar refractivity (Wildman–Crippen MR) is 84.6 cm³/mol. The fourth-order valence-electron chi connectivity index (χ4n) is 2.37. The maximum atomic E-state index is 12.1. The van der Waals surface area contributed by atoms with Crippen molar-refractivity contribution in [3.05, 3.63) is 18.1 Å². The van der Waals surface area contributed by atoms with Gasteiger partial charge < -0.3 is 14.5 Å². The lowest BCUT2D eigenvalue weighted by Crippen LogP contribution is -2.54. The number of terminal acetylenes is 1. The Labute approximate surface area is 131 Å². The van der Waals surface area contributed by atoms with Crippen molar-refractivity contribution in [2.75, 3.05) is 24.5 Å². The van der Waals surface area contributed by atoms with Gasteiger partial charge in [0.15, 0.2) is 0 Å². The van der Waals surface area contributed by atoms with Gasteiger partial charge in [-0.3, -0.25) is 0 Å². The minimum atomic E-state index is -0.480. The second-order valence-electron chi connectivity index (χ2n) is 6.37. The van der Waals surface area contributed by atoms with E-state index in [1.807, 2.05) is 27.7 Å². The van der Waals surface area contributed by atoms with Gasteiger partial charge in [-0.25, -0.2) is 14.8 Å². The van der Waals surface area contributed by atoms with Crippen molar-refractivity contribution in [1.82, 2.24) is 14.9 Å². The third-order valence-corrected chi connectivity index (χ3v) is 3.37. The van der Waals surface area contributed by atoms with E-state index in [-0.39, 0.29) is 12.1 Å². The van der Waals surface area contributed by atoms with Crippen LogP contribution in [0.5, 0.6) is 0 Å². The molecule has 0 bridgehead atoms. The second-order valence-corrected chi connectivity index (χ2v) is 6.37. The Bertz CT molecular complexity index is 589. The molecule has 1 saturated heterocycles. The van der Waals surface area contributed by atoms with Crippen LogP contribution in [-0.4, -0.2) is 52.2 Å². The van der Waals surface area contributed by atoms with Crippen molar-refractivity contribution in [3.63, 3.8) is 0 Å². The number of anilines is 1. The van der Waals surface area contributed by atoms with Gasteiger partial charge in [-0.2, -0.15) is 0 Å². The van der Waals surface area contributed by atoms with Gasteiger partial charge in [-0.05, 0) is 27.7 Å². The molecule has 22 heavy (non-hydrogen) atoms. The molecule has 1 amide bonds. The largest absolute Gasteiger partial charge is 0.444 e. The Morgan fingerprint density at radius 1 is 1.41 bits per heavy atom. The number of nitrogens with zero attached hydrogens (tertiary/aromatic N) is 4. The number of carbonyl (C=O) groups excluding carboxylic acids is 1. The summed E-state index contributed by atoms with van der Waals surface area (Å²) in [6.07, 6.45) is 6.57. The van der Waals surface area contributed by atoms with E-state index in [0.29, 0.717) is 25.3 Å². The van der Waals surface area contributed by atoms with Crippen LogP contribution in [0.25, 0.3) is 0 Å². The standard InChI is InChI=1S/C16H22N4O2/c1-6-13-9-14(18-11-17-13)20-8-7-19(10-12(20)2)15(21)22-16(3,4)5/h1,9,11-12H,7-8,10H2,2-5H3/t12-/m1/s1. The normalized spacial score (nSPS) is 18.8. The maximum Gasteiger partial charge on any atom is 0.410 e. The van der Waals surface area contributed by atoms with E-state index in [4.69, 9.17) is 11.2 Å². The van der Waals surface area contributed by atoms with Crippen molar-refractivity contribution in [2.45, 2.75) is 39.3 Å². The van der Waals surface area contributed by atoms with E-state index in [0.717, 1.165) is 5.82 Å². The zero-order valence-corrected chi connectivity index (χ0v) is 13.5. The van der Waals surface area contributed by atoms with E-state index in [2.05, 4.69) is 20.8 Å². The number of amides is 1. The molecule has 0 unspecified atom stereocenters. The summed E-state index contributed by atoms with van der Waals surface area (Å²) in [5, 5.41) is 0. The van der Waals surface area contributed by atoms with Crippen molar-refractivity contribution in [2.24, 2.45) is 0 Å². The number of piperazine rings is 1. The van der Waals surface area contributed by atoms with Gasteiger partial charge in [0.05, 0.1) is 0 Å². The molecule has 6 nitrogen and oxygen atoms in total. The second kappa shape index (κ2) is 6.22. The number of hydrogen-bond acceptors (Lipinski definition) is 5. The Hall–Kier alpha value is -2.29. The van der Waals surface area contributed by atoms with E-state index in [1.165, 1.54) is 6.33 Å². The minimum absolute atomic E-state index is 0.127. The van der Waals surface area contributed by atoms with E-state index >= 15 is 0 Å². The monoisotopic (exact) mass is 302 g/mol. The first kappa shape index (κ1) is 16.1. The molecule has 0 aliphatic carbocycles. The van der Waals surface area contributed by atoms with Gasteiger partial charge in [0.2, 0.25) is 0 Å². The van der Waals surface area contributed by atoms with E-state index < -0.39 is 5.60 Å². The quantitative estimate of drug-likeness (QED) is 0.742. The summed E-state index contributed by atoms with van der Waals surface area (Å²) < 4.78 is 5.42. The highest BCUT2D eigenvalue weighted by molar-refractivity contribution is 5.68. The highest BCUT2D eigenvalue weighted by Gasteiger charge is 2.30. The van der Waals surface area contributed by atoms with Crippen molar-refractivity contribution in [3.8, 4) is 12.3 Å². The van der Waals surface area contributed by atoms with E-state index in [9.17, 15) is 4.79 Å². The molecule has 0 radical (unpaired) electrons. The summed E-state index contributed by atoms with van der Waals surface area (Å²) in [6, 6.07) is 1.92. The molecule has 6 heteroatoms. The molecule has 2 heterocycles. The number of ether oxygens (including phenoxy) is 1. The molecular formula is C16H22N4O2. The predicted octanol–water partition coefficient (Wildman–Crippen LogP) is 1.90. The van der Waals surface area contributed by atoms with Crippen LogP contribution in [0.2, 0.25) is 0 Å². The summed E-state index contributed by atoms with van der Waals surface area (Å²) in [6.45, 7) is 9.51. The van der Waals surface area contributed by atoms with Crippen LogP contribution in [0.1, 0.15) is 33.4 Å². The van der Waals surface area contributed by atoms with Gasteiger partial charge in [0, 0.05) is 31.7 Å². The zero-order valence-electron chi connectivity index (χ0n) is 13.5. The Morgan fingerprint density at radius 3 is 2.73 bits per heavy atom. The molecule has 0 spiro atoms. The molecule has 1 atom stereocenters. The molecule has 118 valence electrons. The molecule has 1 fully saturated rings. The lowest BCUT2D eigenvalue weighted by Gasteiger charge is -2.40. The SMILES string of the molecule is C#Cc1cc(N2CCN(C(=O)OC(C)(C)C)C[C@H]2C)ncn1. The van der Waals surface area contributed by atoms with E-state index in [1.54, 1.807) is 11.0 Å². The molecule has 0 aromatic carbocycles. The number of aromatic nitrogens is 2. The van der Waals surface area contributed by atoms with Crippen LogP contribution < -0.4 is 4.90 Å². The number of hydrogen-bond donors (Lipinski definition) is 0. The number of rotatable bonds is 1. The molecular weight excluding hydrogens is 280 g/mol. The lowest BCUT2D eigenvalue weighted by atomic mass is 10.2. The summed E-state index contributed by atoms with van der Waals surface area (Å²) in [4.78, 5) is 24.3. The summed E-state index contributed by atoms with van der Waals surface area (Å²) in [5.41, 5.74) is 0.0815. The smallest absolute Gasteiger partial charge is 0.410 e. The van der Waals surface area contributed by atoms with Crippen molar-refractivity contribution < 1.29 is 9.53 Å². The highest BCUT2D eigenvalue weighted by Crippen LogP contribution is 2.20. The fourth-order valence-corrected chi connectivity index (χ4v) is 2.37. The molecule has 1 aromatic heterocycles. The molecule has 0 N–H and O–H groups in total. The Morgan fingerprint density at radius 2 is 2.14 bits per heavy atom. The Kier molecular flexibility index (Phi) is 4.55. The lowest BCUT2D eigenvalue weighted by molar-refractivity contribution is 0.0218. The van der Waals surface area contributed by atoms with Crippen LogP contribution >= 0.6 is 0 Å². The molecule has 0 saturated carbocycles. The van der Waals surface area contributed by atoms with Gasteiger partial charge in [0.1, 0.15) is 23.4 Å². The molecule has 1 aliphatic rings. The molecule has 1 aliphatic heterocycles. The minimum Gasteiger partial charge on any atom is -0.444 e. The van der Waals surface area contributed by atoms with Crippen molar-refractivity contribution >= 4 is 11.9 Å². The zero-order chi connectivity index (χ0) is 16.3. The van der Waals surface area contributed by atoms with Crippen molar-refractivity contribution in [1.29, 1.82) is 0 Å². The fraction of sp³-hybridized carbons (Fsp3) is 0.562. The summed E-state index contributed by atoms with van der Waals surface area (Å²) >= 11 is 0. The maximum absolute atomic E-state index is 12.1. The third-order valence-electron chi connectivity index (χ3n) is 3.37. The van der Waals surface area contributed by atoms with Gasteiger partial charge in [-0.1, -0.05) is 5.92 Å². The average molecular weight is 302 g/mol. The van der Waals surface area contributed by atoms with Crippen LogP contribution in [-0.2, 0) is 4.74 Å². The number of carbonyl (C=O) groups is 1. The average Bonchev–Trinajstić information content (AvgIpc) is 2.45. The topological polar surface area (TPSA) is 58.6 Å². The van der Waals surface area contributed by atoms with Crippen LogP contribution in [0.3, 0.4) is 0 Å². The first-order valence-corrected chi connectivity index (χ1v) is 7.33. The van der Waals surface area contributed by atoms with Gasteiger partial charge >= 0.3 is 6.09 Å².